The van der Waals surface area contributed by atoms with Gasteiger partial charge in [-0.05, 0) is 85.2 Å². The second-order valence-electron chi connectivity index (χ2n) is 11.0. The molecule has 0 spiro atoms. The number of carbonyl (C=O) groups excluding carboxylic acids is 1. The highest BCUT2D eigenvalue weighted by molar-refractivity contribution is 6.40. The van der Waals surface area contributed by atoms with Crippen molar-refractivity contribution >= 4 is 28.7 Å². The monoisotopic (exact) mass is 493 g/mol. The van der Waals surface area contributed by atoms with Crippen LogP contribution in [0.4, 0.5) is 5.69 Å². The first-order chi connectivity index (χ1) is 17.3. The predicted molar refractivity (Wildman–Crippen MR) is 144 cm³/mol. The fourth-order valence-corrected chi connectivity index (χ4v) is 5.69. The van der Waals surface area contributed by atoms with Crippen LogP contribution in [0.5, 0.6) is 0 Å². The van der Waals surface area contributed by atoms with Crippen LogP contribution in [0, 0.1) is 13.8 Å². The lowest BCUT2D eigenvalue weighted by atomic mass is 9.77. The molecule has 0 fully saturated rings. The number of allylic oxidation sites excluding steroid dienone is 3. The fourth-order valence-electron chi connectivity index (χ4n) is 5.69. The third-order valence-electron chi connectivity index (χ3n) is 8.09. The summed E-state index contributed by atoms with van der Waals surface area (Å²) in [6.07, 6.45) is 1.69. The Morgan fingerprint density at radius 1 is 1.03 bits per heavy atom. The normalized spacial score (nSPS) is 17.7. The summed E-state index contributed by atoms with van der Waals surface area (Å²) in [6, 6.07) is 13.4. The van der Waals surface area contributed by atoms with E-state index in [1.165, 1.54) is 5.56 Å². The van der Waals surface area contributed by atoms with Gasteiger partial charge in [-0.1, -0.05) is 37.8 Å². The van der Waals surface area contributed by atoms with Crippen LogP contribution in [0.25, 0.3) is 16.7 Å². The molecule has 0 aromatic heterocycles. The van der Waals surface area contributed by atoms with Crippen molar-refractivity contribution in [2.75, 3.05) is 7.05 Å². The van der Waals surface area contributed by atoms with Crippen molar-refractivity contribution in [2.24, 2.45) is 0 Å². The van der Waals surface area contributed by atoms with Crippen molar-refractivity contribution in [2.45, 2.75) is 52.9 Å². The summed E-state index contributed by atoms with van der Waals surface area (Å²) in [4.78, 5) is 24.9. The smallest absolute Gasteiger partial charge is 0.335 e. The van der Waals surface area contributed by atoms with Crippen LogP contribution in [0.2, 0.25) is 0 Å². The van der Waals surface area contributed by atoms with Crippen molar-refractivity contribution in [3.63, 3.8) is 0 Å². The van der Waals surface area contributed by atoms with Gasteiger partial charge < -0.3 is 10.2 Å². The maximum absolute atomic E-state index is 13.4. The van der Waals surface area contributed by atoms with E-state index < -0.39 is 11.4 Å². The highest BCUT2D eigenvalue weighted by Crippen LogP contribution is 2.45. The van der Waals surface area contributed by atoms with E-state index in [4.69, 9.17) is 0 Å². The molecule has 0 atom stereocenters. The number of benzene rings is 1. The van der Waals surface area contributed by atoms with Gasteiger partial charge in [-0.25, -0.2) is 4.79 Å². The Morgan fingerprint density at radius 2 is 1.73 bits per heavy atom. The first-order valence-corrected chi connectivity index (χ1v) is 12.6. The Hall–Kier alpha value is -3.99. The van der Waals surface area contributed by atoms with Gasteiger partial charge >= 0.3 is 5.97 Å². The zero-order valence-corrected chi connectivity index (χ0v) is 22.3. The molecular weight excluding hydrogens is 462 g/mol. The molecule has 37 heavy (non-hydrogen) atoms. The first-order valence-electron chi connectivity index (χ1n) is 12.6. The Balaban J connectivity index is 1.60. The molecule has 0 saturated carbocycles. The molecule has 0 amide bonds. The summed E-state index contributed by atoms with van der Waals surface area (Å²) in [6.45, 7) is 12.3. The van der Waals surface area contributed by atoms with Crippen molar-refractivity contribution in [1.82, 2.24) is 0 Å². The SMILES string of the molecule is Cc1ccc(C(C)C)cc2c(C)c(C3=C([O-])C(=CC4=[N+](C)c5ccc(C(=O)O)cc5C4(C)C)C3=O)cc1-2. The van der Waals surface area contributed by atoms with Crippen molar-refractivity contribution in [1.29, 1.82) is 0 Å². The minimum atomic E-state index is -0.988. The fraction of sp³-hybridized carbons (Fsp3) is 0.281. The number of ketones is 1. The van der Waals surface area contributed by atoms with Crippen LogP contribution < -0.4 is 5.11 Å². The van der Waals surface area contributed by atoms with Crippen molar-refractivity contribution in [3.05, 3.63) is 93.3 Å². The van der Waals surface area contributed by atoms with E-state index in [0.29, 0.717) is 11.5 Å². The second kappa shape index (κ2) is 8.27. The number of Topliss-reactive ketones (excluding diaryl/α,β-unsaturated/α-hetero) is 1. The summed E-state index contributed by atoms with van der Waals surface area (Å²) in [7, 11) is 1.88. The number of aryl methyl sites for hydroxylation is 1. The van der Waals surface area contributed by atoms with Crippen molar-refractivity contribution in [3.8, 4) is 11.1 Å². The average molecular weight is 494 g/mol. The largest absolute Gasteiger partial charge is 0.871 e. The highest BCUT2D eigenvalue weighted by Gasteiger charge is 2.45. The zero-order chi connectivity index (χ0) is 27.0. The van der Waals surface area contributed by atoms with E-state index in [0.717, 1.165) is 39.2 Å². The highest BCUT2D eigenvalue weighted by atomic mass is 16.4. The van der Waals surface area contributed by atoms with Crippen LogP contribution in [-0.4, -0.2) is 34.2 Å². The summed E-state index contributed by atoms with van der Waals surface area (Å²) in [5.41, 5.74) is 8.68. The van der Waals surface area contributed by atoms with Gasteiger partial charge in [-0.15, -0.1) is 0 Å². The number of rotatable bonds is 4. The maximum Gasteiger partial charge on any atom is 0.335 e. The molecule has 5 rings (SSSR count). The van der Waals surface area contributed by atoms with Gasteiger partial charge in [0.2, 0.25) is 5.69 Å². The van der Waals surface area contributed by atoms with Crippen LogP contribution in [-0.2, 0) is 10.2 Å². The maximum atomic E-state index is 13.4. The van der Waals surface area contributed by atoms with E-state index >= 15 is 0 Å². The molecule has 0 radical (unpaired) electrons. The molecule has 5 heteroatoms. The lowest BCUT2D eigenvalue weighted by Gasteiger charge is -2.31. The van der Waals surface area contributed by atoms with E-state index in [1.54, 1.807) is 24.3 Å². The van der Waals surface area contributed by atoms with Crippen LogP contribution >= 0.6 is 0 Å². The Kier molecular flexibility index (Phi) is 5.52. The topological polar surface area (TPSA) is 80.4 Å². The summed E-state index contributed by atoms with van der Waals surface area (Å²) < 4.78 is 1.94. The Bertz CT molecular complexity index is 1600. The van der Waals surface area contributed by atoms with Crippen LogP contribution in [0.3, 0.4) is 0 Å². The molecule has 1 aromatic carbocycles. The molecule has 4 aliphatic rings. The lowest BCUT2D eigenvalue weighted by molar-refractivity contribution is -0.401. The number of carboxylic acid groups (broad SMARTS) is 1. The van der Waals surface area contributed by atoms with Gasteiger partial charge in [0.15, 0.2) is 11.5 Å². The number of nitrogens with zero attached hydrogens (tertiary/aromatic N) is 1. The van der Waals surface area contributed by atoms with Gasteiger partial charge in [0.05, 0.1) is 11.0 Å². The molecule has 5 nitrogen and oxygen atoms in total. The van der Waals surface area contributed by atoms with E-state index in [2.05, 4.69) is 39.0 Å². The molecule has 1 aromatic rings. The van der Waals surface area contributed by atoms with Crippen molar-refractivity contribution < 1.29 is 24.4 Å². The number of hydrogen-bond donors (Lipinski definition) is 1. The molecule has 1 N–H and O–H groups in total. The standard InChI is InChI=1S/C32H31NO4/c1-16(2)19-9-8-17(3)21-14-23(18(4)22(21)12-19)28-29(34)24(30(28)35)15-27-32(5,6)25-13-20(31(36)37)10-11-26(25)33(27)7/h8-16H,1-7H3,(H-,34,35,36,37). The van der Waals surface area contributed by atoms with Gasteiger partial charge in [0, 0.05) is 28.9 Å². The van der Waals surface area contributed by atoms with Gasteiger partial charge in [-0.2, -0.15) is 4.58 Å². The molecule has 0 saturated heterocycles. The van der Waals surface area contributed by atoms with Gasteiger partial charge in [0.25, 0.3) is 0 Å². The molecular formula is C32H31NO4. The zero-order valence-electron chi connectivity index (χ0n) is 22.3. The number of hydrogen-bond acceptors (Lipinski definition) is 3. The summed E-state index contributed by atoms with van der Waals surface area (Å²) >= 11 is 0. The van der Waals surface area contributed by atoms with Gasteiger partial charge in [-0.3, -0.25) is 4.79 Å². The average Bonchev–Trinajstić information content (AvgIpc) is 3.16. The number of carbonyl (C=O) groups is 2. The third kappa shape index (κ3) is 3.56. The molecule has 1 aliphatic heterocycles. The minimum Gasteiger partial charge on any atom is -0.871 e. The molecule has 188 valence electrons. The number of fused-ring (bicyclic) bond motifs is 2. The second-order valence-corrected chi connectivity index (χ2v) is 11.0. The number of carboxylic acids is 1. The summed E-state index contributed by atoms with van der Waals surface area (Å²) in [5, 5.41) is 22.9. The van der Waals surface area contributed by atoms with Gasteiger partial charge in [0.1, 0.15) is 7.05 Å². The van der Waals surface area contributed by atoms with Crippen LogP contribution in [0.15, 0.2) is 59.9 Å². The molecule has 1 heterocycles. The molecule has 0 bridgehead atoms. The minimum absolute atomic E-state index is 0.172. The van der Waals surface area contributed by atoms with E-state index in [1.807, 2.05) is 38.5 Å². The first kappa shape index (κ1) is 24.7. The van der Waals surface area contributed by atoms with Crippen LogP contribution in [0.1, 0.15) is 71.8 Å². The Labute approximate surface area is 217 Å². The predicted octanol–water partition coefficient (Wildman–Crippen LogP) is 5.52. The van der Waals surface area contributed by atoms with E-state index in [-0.39, 0.29) is 28.3 Å². The molecule has 0 unspecified atom stereocenters. The third-order valence-corrected chi connectivity index (χ3v) is 8.09. The summed E-state index contributed by atoms with van der Waals surface area (Å²) in [5.74, 6) is -1.11. The molecule has 3 aliphatic carbocycles. The quantitative estimate of drug-likeness (QED) is 0.384. The van der Waals surface area contributed by atoms with E-state index in [9.17, 15) is 19.8 Å². The lowest BCUT2D eigenvalue weighted by Crippen LogP contribution is -2.33. The Morgan fingerprint density at radius 3 is 2.35 bits per heavy atom. The number of aromatic carboxylic acids is 1.